The number of halogens is 1. The second kappa shape index (κ2) is 6.47. The number of carbonyl (C=O) groups is 1. The van der Waals surface area contributed by atoms with Crippen LogP contribution in [0, 0.1) is 5.82 Å². The number of rotatable bonds is 4. The van der Waals surface area contributed by atoms with Crippen LogP contribution in [0.5, 0.6) is 5.75 Å². The minimum absolute atomic E-state index is 0.224. The standard InChI is InChI=1S/C15H13FN2O2/c16-13-8-12(6-7-14(13)19)10-17-18-15(20)9-11-4-2-1-3-5-11/h1-8,10,19H,9H2,(H,18,20). The Morgan fingerprint density at radius 3 is 2.70 bits per heavy atom. The first-order valence-electron chi connectivity index (χ1n) is 5.99. The van der Waals surface area contributed by atoms with Crippen LogP contribution in [-0.4, -0.2) is 17.2 Å². The zero-order valence-corrected chi connectivity index (χ0v) is 10.6. The minimum Gasteiger partial charge on any atom is -0.505 e. The molecule has 2 N–H and O–H groups in total. The lowest BCUT2D eigenvalue weighted by Crippen LogP contribution is -2.19. The van der Waals surface area contributed by atoms with E-state index in [1.165, 1.54) is 18.3 Å². The molecule has 0 bridgehead atoms. The maximum absolute atomic E-state index is 13.1. The van der Waals surface area contributed by atoms with Crippen molar-refractivity contribution >= 4 is 12.1 Å². The lowest BCUT2D eigenvalue weighted by Gasteiger charge is -2.00. The van der Waals surface area contributed by atoms with Crippen molar-refractivity contribution in [2.45, 2.75) is 6.42 Å². The van der Waals surface area contributed by atoms with E-state index in [0.717, 1.165) is 11.6 Å². The summed E-state index contributed by atoms with van der Waals surface area (Å²) in [6.45, 7) is 0. The molecule has 102 valence electrons. The van der Waals surface area contributed by atoms with Crippen molar-refractivity contribution in [2.24, 2.45) is 5.10 Å². The second-order valence-corrected chi connectivity index (χ2v) is 4.17. The van der Waals surface area contributed by atoms with Gasteiger partial charge < -0.3 is 5.11 Å². The second-order valence-electron chi connectivity index (χ2n) is 4.17. The van der Waals surface area contributed by atoms with Crippen LogP contribution >= 0.6 is 0 Å². The molecule has 20 heavy (non-hydrogen) atoms. The molecule has 5 heteroatoms. The van der Waals surface area contributed by atoms with Gasteiger partial charge in [0.2, 0.25) is 5.91 Å². The van der Waals surface area contributed by atoms with E-state index in [1.807, 2.05) is 30.3 Å². The highest BCUT2D eigenvalue weighted by atomic mass is 19.1. The summed E-state index contributed by atoms with van der Waals surface area (Å²) in [4.78, 5) is 11.6. The molecule has 2 rings (SSSR count). The lowest BCUT2D eigenvalue weighted by molar-refractivity contribution is -0.120. The van der Waals surface area contributed by atoms with E-state index < -0.39 is 11.6 Å². The van der Waals surface area contributed by atoms with Gasteiger partial charge >= 0.3 is 0 Å². The summed E-state index contributed by atoms with van der Waals surface area (Å²) >= 11 is 0. The molecular weight excluding hydrogens is 259 g/mol. The summed E-state index contributed by atoms with van der Waals surface area (Å²) in [6, 6.07) is 13.1. The van der Waals surface area contributed by atoms with Crippen molar-refractivity contribution in [1.82, 2.24) is 5.43 Å². The van der Waals surface area contributed by atoms with Crippen LogP contribution in [0.4, 0.5) is 4.39 Å². The number of aromatic hydroxyl groups is 1. The number of hydrogen-bond donors (Lipinski definition) is 2. The molecule has 1 amide bonds. The molecule has 0 unspecified atom stereocenters. The highest BCUT2D eigenvalue weighted by Gasteiger charge is 2.02. The Labute approximate surface area is 115 Å². The van der Waals surface area contributed by atoms with Crippen LogP contribution in [0.2, 0.25) is 0 Å². The third-order valence-corrected chi connectivity index (χ3v) is 2.58. The highest BCUT2D eigenvalue weighted by Crippen LogP contribution is 2.14. The van der Waals surface area contributed by atoms with Crippen molar-refractivity contribution < 1.29 is 14.3 Å². The average Bonchev–Trinajstić information content (AvgIpc) is 2.44. The molecule has 0 fully saturated rings. The van der Waals surface area contributed by atoms with Crippen LogP contribution in [0.15, 0.2) is 53.6 Å². The van der Waals surface area contributed by atoms with Crippen LogP contribution in [0.25, 0.3) is 0 Å². The van der Waals surface area contributed by atoms with Crippen LogP contribution < -0.4 is 5.43 Å². The summed E-state index contributed by atoms with van der Waals surface area (Å²) in [5.41, 5.74) is 3.69. The summed E-state index contributed by atoms with van der Waals surface area (Å²) < 4.78 is 13.1. The molecule has 0 aliphatic heterocycles. The number of benzene rings is 2. The van der Waals surface area contributed by atoms with Crippen LogP contribution in [0.3, 0.4) is 0 Å². The number of phenolic OH excluding ortho intramolecular Hbond substituents is 1. The molecule has 2 aromatic carbocycles. The van der Waals surface area contributed by atoms with Crippen LogP contribution in [-0.2, 0) is 11.2 Å². The monoisotopic (exact) mass is 272 g/mol. The lowest BCUT2D eigenvalue weighted by atomic mass is 10.1. The van der Waals surface area contributed by atoms with Crippen molar-refractivity contribution in [1.29, 1.82) is 0 Å². The highest BCUT2D eigenvalue weighted by molar-refractivity contribution is 5.83. The average molecular weight is 272 g/mol. The zero-order valence-electron chi connectivity index (χ0n) is 10.6. The minimum atomic E-state index is -0.732. The first-order chi connectivity index (χ1) is 9.65. The van der Waals surface area contributed by atoms with E-state index in [0.29, 0.717) is 5.56 Å². The molecular formula is C15H13FN2O2. The van der Waals surface area contributed by atoms with E-state index in [4.69, 9.17) is 5.11 Å². The first-order valence-corrected chi connectivity index (χ1v) is 5.99. The first kappa shape index (κ1) is 13.7. The van der Waals surface area contributed by atoms with Gasteiger partial charge in [-0.3, -0.25) is 4.79 Å². The van der Waals surface area contributed by atoms with E-state index in [9.17, 15) is 9.18 Å². The van der Waals surface area contributed by atoms with Crippen LogP contribution in [0.1, 0.15) is 11.1 Å². The number of nitrogens with zero attached hydrogens (tertiary/aromatic N) is 1. The molecule has 2 aromatic rings. The maximum Gasteiger partial charge on any atom is 0.244 e. The summed E-state index contributed by atoms with van der Waals surface area (Å²) in [6.07, 6.45) is 1.54. The quantitative estimate of drug-likeness (QED) is 0.662. The van der Waals surface area contributed by atoms with Gasteiger partial charge in [-0.05, 0) is 29.3 Å². The molecule has 4 nitrogen and oxygen atoms in total. The van der Waals surface area contributed by atoms with Gasteiger partial charge in [0.1, 0.15) is 0 Å². The number of nitrogens with one attached hydrogen (secondary N) is 1. The Balaban J connectivity index is 1.89. The van der Waals surface area contributed by atoms with Crippen molar-refractivity contribution in [3.63, 3.8) is 0 Å². The SMILES string of the molecule is O=C(Cc1ccccc1)NN=Cc1ccc(O)c(F)c1. The number of carbonyl (C=O) groups excluding carboxylic acids is 1. The molecule has 0 saturated carbocycles. The molecule has 0 aliphatic rings. The van der Waals surface area contributed by atoms with Crippen molar-refractivity contribution in [3.8, 4) is 5.75 Å². The number of hydrogen-bond acceptors (Lipinski definition) is 3. The van der Waals surface area contributed by atoms with Gasteiger partial charge in [-0.2, -0.15) is 5.10 Å². The molecule has 0 spiro atoms. The summed E-state index contributed by atoms with van der Waals surface area (Å²) in [7, 11) is 0. The predicted molar refractivity (Wildman–Crippen MR) is 73.9 cm³/mol. The summed E-state index contributed by atoms with van der Waals surface area (Å²) in [5, 5.41) is 12.8. The fraction of sp³-hybridized carbons (Fsp3) is 0.0667. The fourth-order valence-electron chi connectivity index (χ4n) is 1.60. The molecule has 0 atom stereocenters. The van der Waals surface area contributed by atoms with E-state index >= 15 is 0 Å². The van der Waals surface area contributed by atoms with Gasteiger partial charge in [-0.1, -0.05) is 30.3 Å². The third kappa shape index (κ3) is 3.91. The van der Waals surface area contributed by atoms with Crippen molar-refractivity contribution in [2.75, 3.05) is 0 Å². The third-order valence-electron chi connectivity index (χ3n) is 2.58. The number of phenols is 1. The van der Waals surface area contributed by atoms with Gasteiger partial charge in [0.15, 0.2) is 11.6 Å². The Bertz CT molecular complexity index is 627. The van der Waals surface area contributed by atoms with Gasteiger partial charge in [0, 0.05) is 0 Å². The normalized spacial score (nSPS) is 10.7. The largest absolute Gasteiger partial charge is 0.505 e. The Morgan fingerprint density at radius 2 is 2.00 bits per heavy atom. The Kier molecular flexibility index (Phi) is 4.44. The van der Waals surface area contributed by atoms with Gasteiger partial charge in [0.25, 0.3) is 0 Å². The van der Waals surface area contributed by atoms with Crippen molar-refractivity contribution in [3.05, 3.63) is 65.5 Å². The van der Waals surface area contributed by atoms with Gasteiger partial charge in [-0.25, -0.2) is 9.82 Å². The molecule has 0 saturated heterocycles. The molecule has 0 aromatic heterocycles. The Hall–Kier alpha value is -2.69. The van der Waals surface area contributed by atoms with Gasteiger partial charge in [-0.15, -0.1) is 0 Å². The van der Waals surface area contributed by atoms with E-state index in [2.05, 4.69) is 10.5 Å². The molecule has 0 radical (unpaired) electrons. The number of amides is 1. The predicted octanol–water partition coefficient (Wildman–Crippen LogP) is 2.22. The van der Waals surface area contributed by atoms with E-state index in [-0.39, 0.29) is 12.3 Å². The topological polar surface area (TPSA) is 61.7 Å². The van der Waals surface area contributed by atoms with E-state index in [1.54, 1.807) is 0 Å². The van der Waals surface area contributed by atoms with Gasteiger partial charge in [0.05, 0.1) is 12.6 Å². The molecule has 0 heterocycles. The maximum atomic E-state index is 13.1. The summed E-state index contributed by atoms with van der Waals surface area (Å²) in [5.74, 6) is -1.41. The number of hydrazone groups is 1. The Morgan fingerprint density at radius 1 is 1.25 bits per heavy atom. The smallest absolute Gasteiger partial charge is 0.244 e. The molecule has 0 aliphatic carbocycles. The zero-order chi connectivity index (χ0) is 14.4. The fourth-order valence-corrected chi connectivity index (χ4v) is 1.60.